The summed E-state index contributed by atoms with van der Waals surface area (Å²) in [6.07, 6.45) is 88.0. The topological polar surface area (TPSA) is 78.9 Å². The van der Waals surface area contributed by atoms with Gasteiger partial charge in [0, 0.05) is 12.8 Å². The van der Waals surface area contributed by atoms with Crippen molar-refractivity contribution >= 4 is 17.9 Å². The van der Waals surface area contributed by atoms with Crippen molar-refractivity contribution in [2.45, 2.75) is 290 Å². The number of allylic oxidation sites excluding steroid dienone is 19. The van der Waals surface area contributed by atoms with Crippen LogP contribution in [-0.4, -0.2) is 37.2 Å². The molecule has 0 saturated carbocycles. The maximum absolute atomic E-state index is 12.9. The lowest BCUT2D eigenvalue weighted by molar-refractivity contribution is -0.166. The second-order valence-corrected chi connectivity index (χ2v) is 20.6. The minimum atomic E-state index is -0.823. The van der Waals surface area contributed by atoms with E-state index in [0.29, 0.717) is 12.8 Å². The van der Waals surface area contributed by atoms with E-state index in [0.717, 1.165) is 109 Å². The highest BCUT2D eigenvalue weighted by Gasteiger charge is 2.19. The van der Waals surface area contributed by atoms with Crippen LogP contribution < -0.4 is 0 Å². The summed E-state index contributed by atoms with van der Waals surface area (Å²) in [5.74, 6) is -1.04. The van der Waals surface area contributed by atoms with Crippen molar-refractivity contribution in [3.63, 3.8) is 0 Å². The number of carbonyl (C=O) groups excluding carboxylic acids is 3. The molecule has 0 bridgehead atoms. The zero-order chi connectivity index (χ0) is 55.0. The molecule has 6 heteroatoms. The number of hydrogen-bond donors (Lipinski definition) is 0. The van der Waals surface area contributed by atoms with E-state index in [2.05, 4.69) is 130 Å². The lowest BCUT2D eigenvalue weighted by Crippen LogP contribution is -2.30. The van der Waals surface area contributed by atoms with E-state index in [1.165, 1.54) is 135 Å². The van der Waals surface area contributed by atoms with E-state index in [-0.39, 0.29) is 31.6 Å². The third-order valence-electron chi connectivity index (χ3n) is 13.2. The zero-order valence-electron chi connectivity index (χ0n) is 49.5. The minimum absolute atomic E-state index is 0.111. The smallest absolute Gasteiger partial charge is 0.309 e. The Hall–Kier alpha value is -4.19. The van der Waals surface area contributed by atoms with Crippen molar-refractivity contribution in [3.8, 4) is 0 Å². The Bertz CT molecular complexity index is 1590. The molecule has 0 fully saturated rings. The molecular formula is C70H116O6. The minimum Gasteiger partial charge on any atom is -0.462 e. The standard InChI is InChI=1S/C70H116O6/c1-4-7-10-13-16-19-22-25-28-30-32-33-34-35-36-37-38-40-42-45-48-51-54-57-60-63-69(72)75-66-67(65-74-68(71)62-59-56-53-50-47-44-41-27-24-21-18-15-12-9-6-3)76-70(73)64-61-58-55-52-49-46-43-39-31-29-26-23-20-17-14-11-8-5-2/h7,9-10,12,16,18-19,21,25,27-28,32-33,35-36,41,47,50,56,59,67H,4-6,8,11,13-15,17,20,22-24,26,29-31,34,37-40,42-46,48-49,51-55,57-58,60-66H2,1-3H3/b10-7-,12-9-,19-16-,21-18-,28-25-,33-32-,36-35-,41-27-,50-47-,59-56-. The highest BCUT2D eigenvalue weighted by Crippen LogP contribution is 2.16. The van der Waals surface area contributed by atoms with Crippen LogP contribution in [0, 0.1) is 0 Å². The van der Waals surface area contributed by atoms with Crippen LogP contribution in [0.1, 0.15) is 284 Å². The molecule has 0 heterocycles. The largest absolute Gasteiger partial charge is 0.462 e. The Morgan fingerprint density at radius 1 is 0.289 bits per heavy atom. The molecule has 0 aromatic rings. The van der Waals surface area contributed by atoms with E-state index >= 15 is 0 Å². The molecule has 0 N–H and O–H groups in total. The fourth-order valence-corrected chi connectivity index (χ4v) is 8.60. The first-order chi connectivity index (χ1) is 37.5. The van der Waals surface area contributed by atoms with Crippen LogP contribution in [0.4, 0.5) is 0 Å². The van der Waals surface area contributed by atoms with Crippen LogP contribution in [0.3, 0.4) is 0 Å². The molecule has 1 unspecified atom stereocenters. The van der Waals surface area contributed by atoms with Crippen LogP contribution in [0.25, 0.3) is 0 Å². The molecule has 1 atom stereocenters. The number of hydrogen-bond acceptors (Lipinski definition) is 6. The molecule has 0 aliphatic rings. The van der Waals surface area contributed by atoms with Gasteiger partial charge in [0.15, 0.2) is 6.10 Å². The molecule has 0 aliphatic carbocycles. The van der Waals surface area contributed by atoms with Gasteiger partial charge < -0.3 is 14.2 Å². The fourth-order valence-electron chi connectivity index (χ4n) is 8.60. The molecular weight excluding hydrogens is 937 g/mol. The maximum Gasteiger partial charge on any atom is 0.309 e. The SMILES string of the molecule is CC/C=C\C/C=C\C/C=C\C/C=C\C/C=C\CCCCCCCCCCCC(=O)OCC(COC(=O)C/C=C\C/C=C\C/C=C\C/C=C\C/C=C\CC)OC(=O)CCCCCCCCCCCCCCCCCCCC. The molecule has 6 nitrogen and oxygen atoms in total. The van der Waals surface area contributed by atoms with Gasteiger partial charge in [0.05, 0.1) is 6.42 Å². The van der Waals surface area contributed by atoms with Gasteiger partial charge in [-0.25, -0.2) is 0 Å². The molecule has 0 aliphatic heterocycles. The average Bonchev–Trinajstić information content (AvgIpc) is 3.42. The Morgan fingerprint density at radius 3 is 0.921 bits per heavy atom. The van der Waals surface area contributed by atoms with Gasteiger partial charge in [-0.1, -0.05) is 296 Å². The van der Waals surface area contributed by atoms with Crippen molar-refractivity contribution in [1.29, 1.82) is 0 Å². The monoisotopic (exact) mass is 1050 g/mol. The second-order valence-electron chi connectivity index (χ2n) is 20.6. The van der Waals surface area contributed by atoms with Crippen molar-refractivity contribution < 1.29 is 28.6 Å². The number of esters is 3. The maximum atomic E-state index is 12.9. The fraction of sp³-hybridized carbons (Fsp3) is 0.671. The second kappa shape index (κ2) is 63.3. The van der Waals surface area contributed by atoms with Gasteiger partial charge in [0.2, 0.25) is 0 Å². The number of unbranched alkanes of at least 4 members (excludes halogenated alkanes) is 26. The zero-order valence-corrected chi connectivity index (χ0v) is 49.5. The summed E-state index contributed by atoms with van der Waals surface area (Å²) >= 11 is 0. The third-order valence-corrected chi connectivity index (χ3v) is 13.2. The first-order valence-electron chi connectivity index (χ1n) is 31.5. The third kappa shape index (κ3) is 60.7. The quantitative estimate of drug-likeness (QED) is 0.0261. The molecule has 76 heavy (non-hydrogen) atoms. The molecule has 0 aromatic heterocycles. The Morgan fingerprint density at radius 2 is 0.566 bits per heavy atom. The molecule has 0 saturated heterocycles. The highest BCUT2D eigenvalue weighted by molar-refractivity contribution is 5.72. The number of rotatable bonds is 56. The molecule has 0 aromatic carbocycles. The van der Waals surface area contributed by atoms with Crippen LogP contribution in [0.2, 0.25) is 0 Å². The predicted octanol–water partition coefficient (Wildman–Crippen LogP) is 21.6. The summed E-state index contributed by atoms with van der Waals surface area (Å²) in [6, 6.07) is 0. The Labute approximate surface area is 469 Å². The van der Waals surface area contributed by atoms with Crippen LogP contribution in [-0.2, 0) is 28.6 Å². The summed E-state index contributed by atoms with van der Waals surface area (Å²) in [7, 11) is 0. The highest BCUT2D eigenvalue weighted by atomic mass is 16.6. The molecule has 0 amide bonds. The summed E-state index contributed by atoms with van der Waals surface area (Å²) in [6.45, 7) is 6.34. The summed E-state index contributed by atoms with van der Waals surface area (Å²) in [4.78, 5) is 38.2. The average molecular weight is 1050 g/mol. The van der Waals surface area contributed by atoms with Crippen molar-refractivity contribution in [2.24, 2.45) is 0 Å². The molecule has 0 rings (SSSR count). The van der Waals surface area contributed by atoms with Crippen LogP contribution in [0.5, 0.6) is 0 Å². The first kappa shape index (κ1) is 71.8. The van der Waals surface area contributed by atoms with E-state index in [1.807, 2.05) is 6.08 Å². The summed E-state index contributed by atoms with van der Waals surface area (Å²) in [5.41, 5.74) is 0. The van der Waals surface area contributed by atoms with Gasteiger partial charge in [0.25, 0.3) is 0 Å². The van der Waals surface area contributed by atoms with E-state index in [9.17, 15) is 14.4 Å². The predicted molar refractivity (Wildman–Crippen MR) is 330 cm³/mol. The van der Waals surface area contributed by atoms with Gasteiger partial charge >= 0.3 is 17.9 Å². The van der Waals surface area contributed by atoms with Crippen molar-refractivity contribution in [3.05, 3.63) is 122 Å². The lowest BCUT2D eigenvalue weighted by Gasteiger charge is -2.18. The number of ether oxygens (including phenoxy) is 3. The van der Waals surface area contributed by atoms with E-state index < -0.39 is 12.1 Å². The van der Waals surface area contributed by atoms with Gasteiger partial charge in [-0.2, -0.15) is 0 Å². The van der Waals surface area contributed by atoms with Crippen molar-refractivity contribution in [2.75, 3.05) is 13.2 Å². The number of carbonyl (C=O) groups is 3. The molecule has 432 valence electrons. The lowest BCUT2D eigenvalue weighted by atomic mass is 10.0. The molecule has 0 spiro atoms. The Kier molecular flexibility index (Phi) is 59.9. The van der Waals surface area contributed by atoms with Crippen molar-refractivity contribution in [1.82, 2.24) is 0 Å². The van der Waals surface area contributed by atoms with Gasteiger partial charge in [-0.3, -0.25) is 14.4 Å². The van der Waals surface area contributed by atoms with Crippen LogP contribution in [0.15, 0.2) is 122 Å². The summed E-state index contributed by atoms with van der Waals surface area (Å²) < 4.78 is 16.8. The first-order valence-corrected chi connectivity index (χ1v) is 31.5. The normalized spacial score (nSPS) is 12.9. The Balaban J connectivity index is 4.43. The summed E-state index contributed by atoms with van der Waals surface area (Å²) in [5, 5.41) is 0. The van der Waals surface area contributed by atoms with E-state index in [4.69, 9.17) is 14.2 Å². The van der Waals surface area contributed by atoms with Gasteiger partial charge in [0.1, 0.15) is 13.2 Å². The molecule has 0 radical (unpaired) electrons. The van der Waals surface area contributed by atoms with Crippen LogP contribution >= 0.6 is 0 Å². The van der Waals surface area contributed by atoms with E-state index in [1.54, 1.807) is 6.08 Å². The van der Waals surface area contributed by atoms with Gasteiger partial charge in [-0.05, 0) is 89.9 Å². The van der Waals surface area contributed by atoms with Gasteiger partial charge in [-0.15, -0.1) is 0 Å².